The lowest BCUT2D eigenvalue weighted by molar-refractivity contribution is 0.807. The minimum atomic E-state index is 0.538. The highest BCUT2D eigenvalue weighted by atomic mass is 32.1. The van der Waals surface area contributed by atoms with E-state index >= 15 is 0 Å². The van der Waals surface area contributed by atoms with Crippen molar-refractivity contribution < 1.29 is 0 Å². The minimum Gasteiger partial charge on any atom is -0.294 e. The van der Waals surface area contributed by atoms with Crippen LogP contribution >= 0.6 is 12.2 Å². The summed E-state index contributed by atoms with van der Waals surface area (Å²) in [4.78, 5) is 3.99. The predicted octanol–water partition coefficient (Wildman–Crippen LogP) is 0.912. The summed E-state index contributed by atoms with van der Waals surface area (Å²) in [6.45, 7) is 4.23. The van der Waals surface area contributed by atoms with Crippen molar-refractivity contribution in [3.63, 3.8) is 0 Å². The first kappa shape index (κ1) is 8.82. The first-order valence-electron chi connectivity index (χ1n) is 3.94. The van der Waals surface area contributed by atoms with E-state index in [4.69, 9.17) is 12.2 Å². The third-order valence-corrected chi connectivity index (χ3v) is 2.01. The highest BCUT2D eigenvalue weighted by Crippen LogP contribution is 2.10. The van der Waals surface area contributed by atoms with Gasteiger partial charge in [-0.25, -0.2) is 4.98 Å². The maximum Gasteiger partial charge on any atom is 0.200 e. The lowest BCUT2D eigenvalue weighted by Crippen LogP contribution is -1.99. The average Bonchev–Trinajstić information content (AvgIpc) is 2.77. The summed E-state index contributed by atoms with van der Waals surface area (Å²) in [5.41, 5.74) is 0. The number of hydrogen-bond donors (Lipinski definition) is 2. The summed E-state index contributed by atoms with van der Waals surface area (Å²) in [5, 5.41) is 13.2. The molecule has 7 heteroatoms. The molecule has 0 aliphatic rings. The molecular formula is C7H8N6S. The van der Waals surface area contributed by atoms with Gasteiger partial charge in [0.05, 0.1) is 0 Å². The third kappa shape index (κ3) is 1.37. The van der Waals surface area contributed by atoms with Crippen LogP contribution in [0.4, 0.5) is 0 Å². The second kappa shape index (κ2) is 3.54. The van der Waals surface area contributed by atoms with Crippen molar-refractivity contribution in [3.05, 3.63) is 23.8 Å². The van der Waals surface area contributed by atoms with Crippen molar-refractivity contribution in [2.24, 2.45) is 0 Å². The van der Waals surface area contributed by atoms with Crippen LogP contribution in [0, 0.1) is 4.77 Å². The van der Waals surface area contributed by atoms with Crippen molar-refractivity contribution in [3.8, 4) is 11.6 Å². The number of nitrogens with zero attached hydrogens (tertiary/aromatic N) is 4. The van der Waals surface area contributed by atoms with Crippen LogP contribution in [0.5, 0.6) is 0 Å². The van der Waals surface area contributed by atoms with Crippen LogP contribution in [-0.4, -0.2) is 29.9 Å². The fraction of sp³-hybridized carbons (Fsp3) is 0.143. The standard InChI is InChI=1S/C7H8N6S/c1-2-3-13-6(11-12-7(13)14)5-8-4-9-10-5/h2,4H,1,3H2,(H,12,14)(H,8,9,10). The zero-order valence-corrected chi connectivity index (χ0v) is 8.08. The van der Waals surface area contributed by atoms with Gasteiger partial charge in [-0.2, -0.15) is 10.2 Å². The zero-order chi connectivity index (χ0) is 9.97. The van der Waals surface area contributed by atoms with Crippen molar-refractivity contribution in [1.82, 2.24) is 29.9 Å². The van der Waals surface area contributed by atoms with Crippen LogP contribution in [0.15, 0.2) is 19.0 Å². The van der Waals surface area contributed by atoms with E-state index in [2.05, 4.69) is 32.0 Å². The first-order chi connectivity index (χ1) is 6.83. The zero-order valence-electron chi connectivity index (χ0n) is 7.27. The van der Waals surface area contributed by atoms with Gasteiger partial charge in [0.25, 0.3) is 0 Å². The molecule has 2 heterocycles. The van der Waals surface area contributed by atoms with Gasteiger partial charge in [0, 0.05) is 6.54 Å². The Kier molecular flexibility index (Phi) is 2.23. The highest BCUT2D eigenvalue weighted by molar-refractivity contribution is 7.71. The van der Waals surface area contributed by atoms with Crippen LogP contribution < -0.4 is 0 Å². The van der Waals surface area contributed by atoms with E-state index in [0.717, 1.165) is 0 Å². The quantitative estimate of drug-likeness (QED) is 0.580. The molecule has 0 saturated heterocycles. The van der Waals surface area contributed by atoms with E-state index in [-0.39, 0.29) is 0 Å². The number of hydrogen-bond acceptors (Lipinski definition) is 4. The molecule has 0 saturated carbocycles. The molecular weight excluding hydrogens is 200 g/mol. The molecule has 0 unspecified atom stereocenters. The minimum absolute atomic E-state index is 0.538. The summed E-state index contributed by atoms with van der Waals surface area (Å²) >= 11 is 5.05. The molecule has 0 fully saturated rings. The predicted molar refractivity (Wildman–Crippen MR) is 53.0 cm³/mol. The molecule has 2 aromatic rings. The lowest BCUT2D eigenvalue weighted by Gasteiger charge is -1.98. The van der Waals surface area contributed by atoms with Gasteiger partial charge in [0.1, 0.15) is 6.33 Å². The first-order valence-corrected chi connectivity index (χ1v) is 4.35. The summed E-state index contributed by atoms with van der Waals surface area (Å²) in [6.07, 6.45) is 3.16. The molecule has 0 bridgehead atoms. The van der Waals surface area contributed by atoms with Gasteiger partial charge in [-0.15, -0.1) is 6.58 Å². The molecule has 14 heavy (non-hydrogen) atoms. The third-order valence-electron chi connectivity index (χ3n) is 1.70. The Balaban J connectivity index is 2.53. The smallest absolute Gasteiger partial charge is 0.200 e. The number of rotatable bonds is 3. The van der Waals surface area contributed by atoms with Crippen LogP contribution in [0.1, 0.15) is 0 Å². The number of nitrogens with one attached hydrogen (secondary N) is 2. The fourth-order valence-corrected chi connectivity index (χ4v) is 1.32. The molecule has 72 valence electrons. The van der Waals surface area contributed by atoms with Crippen molar-refractivity contribution >= 4 is 12.2 Å². The van der Waals surface area contributed by atoms with E-state index in [9.17, 15) is 0 Å². The maximum absolute atomic E-state index is 5.05. The normalized spacial score (nSPS) is 10.3. The van der Waals surface area contributed by atoms with E-state index < -0.39 is 0 Å². The Morgan fingerprint density at radius 3 is 3.07 bits per heavy atom. The molecule has 0 radical (unpaired) electrons. The molecule has 2 aromatic heterocycles. The van der Waals surface area contributed by atoms with Gasteiger partial charge in [-0.3, -0.25) is 14.8 Å². The molecule has 0 aromatic carbocycles. The van der Waals surface area contributed by atoms with Gasteiger partial charge >= 0.3 is 0 Å². The second-order valence-corrected chi connectivity index (χ2v) is 2.97. The Morgan fingerprint density at radius 2 is 2.43 bits per heavy atom. The SMILES string of the molecule is C=CCn1c(-c2ncn[nH]2)n[nH]c1=S. The topological polar surface area (TPSA) is 75.2 Å². The molecule has 6 nitrogen and oxygen atoms in total. The van der Waals surface area contributed by atoms with Crippen molar-refractivity contribution in [2.45, 2.75) is 6.54 Å². The van der Waals surface area contributed by atoms with Gasteiger partial charge in [-0.1, -0.05) is 6.08 Å². The van der Waals surface area contributed by atoms with Gasteiger partial charge < -0.3 is 0 Å². The van der Waals surface area contributed by atoms with E-state index in [0.29, 0.717) is 23.0 Å². The number of aromatic nitrogens is 6. The molecule has 0 aliphatic heterocycles. The van der Waals surface area contributed by atoms with Crippen LogP contribution in [0.3, 0.4) is 0 Å². The van der Waals surface area contributed by atoms with E-state index in [1.807, 2.05) is 0 Å². The largest absolute Gasteiger partial charge is 0.294 e. The summed E-state index contributed by atoms with van der Waals surface area (Å²) in [7, 11) is 0. The molecule has 0 atom stereocenters. The van der Waals surface area contributed by atoms with Gasteiger partial charge in [-0.05, 0) is 12.2 Å². The maximum atomic E-state index is 5.05. The Labute approximate surface area is 84.7 Å². The summed E-state index contributed by atoms with van der Waals surface area (Å²) in [5.74, 6) is 1.21. The van der Waals surface area contributed by atoms with Crippen LogP contribution in [-0.2, 0) is 6.54 Å². The molecule has 0 spiro atoms. The number of H-pyrrole nitrogens is 2. The second-order valence-electron chi connectivity index (χ2n) is 2.59. The molecule has 2 rings (SSSR count). The highest BCUT2D eigenvalue weighted by Gasteiger charge is 2.09. The molecule has 0 amide bonds. The van der Waals surface area contributed by atoms with Gasteiger partial charge in [0.15, 0.2) is 16.4 Å². The Hall–Kier alpha value is -1.76. The van der Waals surface area contributed by atoms with E-state index in [1.165, 1.54) is 6.33 Å². The molecule has 0 aliphatic carbocycles. The van der Waals surface area contributed by atoms with Crippen molar-refractivity contribution in [2.75, 3.05) is 0 Å². The van der Waals surface area contributed by atoms with Gasteiger partial charge in [0.2, 0.25) is 0 Å². The Bertz CT molecular complexity index is 479. The van der Waals surface area contributed by atoms with Crippen molar-refractivity contribution in [1.29, 1.82) is 0 Å². The number of aromatic amines is 2. The van der Waals surface area contributed by atoms with Crippen LogP contribution in [0.2, 0.25) is 0 Å². The van der Waals surface area contributed by atoms with Crippen LogP contribution in [0.25, 0.3) is 11.6 Å². The van der Waals surface area contributed by atoms with E-state index in [1.54, 1.807) is 10.6 Å². The fourth-order valence-electron chi connectivity index (χ4n) is 1.11. The lowest BCUT2D eigenvalue weighted by atomic mass is 10.5. The monoisotopic (exact) mass is 208 g/mol. The average molecular weight is 208 g/mol. The summed E-state index contributed by atoms with van der Waals surface area (Å²) < 4.78 is 2.32. The Morgan fingerprint density at radius 1 is 1.57 bits per heavy atom. The molecule has 2 N–H and O–H groups in total. The summed E-state index contributed by atoms with van der Waals surface area (Å²) in [6, 6.07) is 0. The number of allylic oxidation sites excluding steroid dienone is 1.